The Balaban J connectivity index is 2.64. The van der Waals surface area contributed by atoms with Gasteiger partial charge in [-0.05, 0) is 43.8 Å². The van der Waals surface area contributed by atoms with Gasteiger partial charge < -0.3 is 0 Å². The molecule has 1 aromatic carbocycles. The van der Waals surface area contributed by atoms with Gasteiger partial charge in [-0.25, -0.2) is 0 Å². The highest BCUT2D eigenvalue weighted by molar-refractivity contribution is 9.10. The van der Waals surface area contributed by atoms with Crippen LogP contribution < -0.4 is 4.80 Å². The van der Waals surface area contributed by atoms with E-state index in [1.807, 2.05) is 39.0 Å². The van der Waals surface area contributed by atoms with Gasteiger partial charge in [0.05, 0.1) is 5.10 Å². The number of nitrogens with zero attached hydrogens (tertiary/aromatic N) is 4. The van der Waals surface area contributed by atoms with E-state index in [9.17, 15) is 0 Å². The Morgan fingerprint density at radius 1 is 1.20 bits per heavy atom. The fourth-order valence-corrected chi connectivity index (χ4v) is 1.51. The molecule has 4 nitrogen and oxygen atoms in total. The lowest BCUT2D eigenvalue weighted by Gasteiger charge is -2.10. The van der Waals surface area contributed by atoms with Gasteiger partial charge in [-0.3, -0.25) is 0 Å². The number of hydrogen-bond donors (Lipinski definition) is 0. The van der Waals surface area contributed by atoms with E-state index < -0.39 is 0 Å². The molecule has 2 aromatic rings. The first-order chi connectivity index (χ1) is 6.97. The zero-order valence-corrected chi connectivity index (χ0v) is 10.5. The Labute approximate surface area is 96.4 Å². The van der Waals surface area contributed by atoms with Crippen LogP contribution in [0.25, 0.3) is 11.0 Å². The van der Waals surface area contributed by atoms with E-state index in [0.29, 0.717) is 0 Å². The standard InChI is InChI=1S/C10H12BrN4/c1-10(2,3)15-13-9-6-7(11)4-5-8(9)12-14-15/h4-6H,1-3H3/q+1. The van der Waals surface area contributed by atoms with Crippen LogP contribution in [0, 0.1) is 0 Å². The van der Waals surface area contributed by atoms with Gasteiger partial charge >= 0.3 is 0 Å². The summed E-state index contributed by atoms with van der Waals surface area (Å²) in [7, 11) is 0. The minimum atomic E-state index is -0.149. The summed E-state index contributed by atoms with van der Waals surface area (Å²) in [5, 5.41) is 12.6. The molecule has 0 saturated heterocycles. The Morgan fingerprint density at radius 3 is 2.60 bits per heavy atom. The maximum atomic E-state index is 4.42. The normalized spacial score (nSPS) is 12.0. The predicted molar refractivity (Wildman–Crippen MR) is 60.2 cm³/mol. The molecule has 0 saturated carbocycles. The summed E-state index contributed by atoms with van der Waals surface area (Å²) in [6.45, 7) is 6.12. The number of benzene rings is 1. The molecular weight excluding hydrogens is 256 g/mol. The summed E-state index contributed by atoms with van der Waals surface area (Å²) in [4.78, 5) is 1.63. The van der Waals surface area contributed by atoms with Crippen LogP contribution >= 0.6 is 15.9 Å². The first-order valence-electron chi connectivity index (χ1n) is 4.70. The van der Waals surface area contributed by atoms with E-state index in [2.05, 4.69) is 31.3 Å². The highest BCUT2D eigenvalue weighted by atomic mass is 79.9. The molecule has 0 bridgehead atoms. The second-order valence-electron chi connectivity index (χ2n) is 4.38. The van der Waals surface area contributed by atoms with Gasteiger partial charge in [0, 0.05) is 4.47 Å². The molecule has 2 rings (SSSR count). The van der Waals surface area contributed by atoms with E-state index in [1.54, 1.807) is 4.80 Å². The summed E-state index contributed by atoms with van der Waals surface area (Å²) in [6.07, 6.45) is 0. The predicted octanol–water partition coefficient (Wildman–Crippen LogP) is 1.83. The highest BCUT2D eigenvalue weighted by Gasteiger charge is 2.23. The van der Waals surface area contributed by atoms with Crippen LogP contribution in [0.5, 0.6) is 0 Å². The average molecular weight is 268 g/mol. The minimum Gasteiger partial charge on any atom is -0.0566 e. The molecule has 1 aromatic heterocycles. The summed E-state index contributed by atoms with van der Waals surface area (Å²) in [5.41, 5.74) is 1.50. The number of hydrogen-bond acceptors (Lipinski definition) is 3. The third kappa shape index (κ3) is 2.12. The highest BCUT2D eigenvalue weighted by Crippen LogP contribution is 2.14. The molecule has 0 fully saturated rings. The zero-order chi connectivity index (χ0) is 11.1. The first-order valence-corrected chi connectivity index (χ1v) is 5.49. The molecular formula is C10H12BrN4+. The van der Waals surface area contributed by atoms with Crippen LogP contribution in [0.4, 0.5) is 0 Å². The summed E-state index contributed by atoms with van der Waals surface area (Å²) < 4.78 is 0.996. The van der Waals surface area contributed by atoms with Crippen LogP contribution in [0.3, 0.4) is 0 Å². The van der Waals surface area contributed by atoms with E-state index in [1.165, 1.54) is 0 Å². The van der Waals surface area contributed by atoms with E-state index in [-0.39, 0.29) is 5.54 Å². The summed E-state index contributed by atoms with van der Waals surface area (Å²) >= 11 is 3.41. The Kier molecular flexibility index (Phi) is 2.42. The van der Waals surface area contributed by atoms with Gasteiger partial charge in [-0.2, -0.15) is 0 Å². The molecule has 0 aliphatic carbocycles. The van der Waals surface area contributed by atoms with Crippen LogP contribution in [-0.2, 0) is 5.54 Å². The second kappa shape index (κ2) is 3.48. The van der Waals surface area contributed by atoms with Crippen molar-refractivity contribution in [2.24, 2.45) is 0 Å². The van der Waals surface area contributed by atoms with Crippen molar-refractivity contribution in [2.45, 2.75) is 26.3 Å². The zero-order valence-electron chi connectivity index (χ0n) is 8.90. The maximum absolute atomic E-state index is 4.42. The summed E-state index contributed by atoms with van der Waals surface area (Å²) in [6, 6.07) is 5.76. The van der Waals surface area contributed by atoms with Crippen molar-refractivity contribution in [1.82, 2.24) is 15.4 Å². The van der Waals surface area contributed by atoms with Crippen molar-refractivity contribution in [2.75, 3.05) is 0 Å². The van der Waals surface area contributed by atoms with Crippen LogP contribution in [0.1, 0.15) is 20.8 Å². The quantitative estimate of drug-likeness (QED) is 0.684. The van der Waals surface area contributed by atoms with Gasteiger partial charge in [0.2, 0.25) is 5.52 Å². The Morgan fingerprint density at radius 2 is 1.93 bits per heavy atom. The molecule has 0 radical (unpaired) electrons. The molecule has 0 amide bonds. The molecule has 0 atom stereocenters. The second-order valence-corrected chi connectivity index (χ2v) is 5.30. The number of fused-ring (bicyclic) bond motifs is 1. The molecule has 0 aliphatic rings. The van der Waals surface area contributed by atoms with Crippen molar-refractivity contribution in [3.05, 3.63) is 22.7 Å². The molecule has 0 N–H and O–H groups in total. The van der Waals surface area contributed by atoms with E-state index in [0.717, 1.165) is 15.5 Å². The summed E-state index contributed by atoms with van der Waals surface area (Å²) in [5.74, 6) is 0. The molecule has 0 aliphatic heterocycles. The third-order valence-corrected chi connectivity index (χ3v) is 2.47. The molecule has 0 spiro atoms. The van der Waals surface area contributed by atoms with Crippen LogP contribution in [0.2, 0.25) is 0 Å². The fourth-order valence-electron chi connectivity index (χ4n) is 1.16. The van der Waals surface area contributed by atoms with E-state index >= 15 is 0 Å². The van der Waals surface area contributed by atoms with Crippen LogP contribution in [-0.4, -0.2) is 15.4 Å². The Bertz CT molecular complexity index is 504. The Hall–Kier alpha value is -1.10. The van der Waals surface area contributed by atoms with Gasteiger partial charge in [-0.15, -0.1) is 0 Å². The minimum absolute atomic E-state index is 0.149. The number of rotatable bonds is 0. The van der Waals surface area contributed by atoms with E-state index in [4.69, 9.17) is 0 Å². The largest absolute Gasteiger partial charge is 0.233 e. The lowest BCUT2D eigenvalue weighted by atomic mass is 10.1. The topological polar surface area (TPSA) is 42.5 Å². The van der Waals surface area contributed by atoms with Gasteiger partial charge in [0.25, 0.3) is 0 Å². The van der Waals surface area contributed by atoms with Crippen molar-refractivity contribution in [3.8, 4) is 0 Å². The molecule has 78 valence electrons. The first kappa shape index (κ1) is 10.4. The van der Waals surface area contributed by atoms with Crippen molar-refractivity contribution < 1.29 is 4.80 Å². The molecule has 1 heterocycles. The van der Waals surface area contributed by atoms with Gasteiger partial charge in [0.15, 0.2) is 10.7 Å². The molecule has 15 heavy (non-hydrogen) atoms. The SMILES string of the molecule is CC(C)(C)[n+]1nnc2ccc(Br)cc2n1. The molecule has 0 unspecified atom stereocenters. The van der Waals surface area contributed by atoms with Crippen molar-refractivity contribution in [3.63, 3.8) is 0 Å². The number of halogens is 1. The third-order valence-electron chi connectivity index (χ3n) is 1.98. The van der Waals surface area contributed by atoms with Gasteiger partial charge in [-0.1, -0.05) is 21.0 Å². The number of aromatic nitrogens is 4. The lowest BCUT2D eigenvalue weighted by Crippen LogP contribution is -2.56. The van der Waals surface area contributed by atoms with Crippen molar-refractivity contribution in [1.29, 1.82) is 0 Å². The fraction of sp³-hybridized carbons (Fsp3) is 0.400. The van der Waals surface area contributed by atoms with Gasteiger partial charge in [0.1, 0.15) is 5.54 Å². The van der Waals surface area contributed by atoms with Crippen molar-refractivity contribution >= 4 is 27.0 Å². The lowest BCUT2D eigenvalue weighted by molar-refractivity contribution is -0.857. The average Bonchev–Trinajstić information content (AvgIpc) is 2.15. The monoisotopic (exact) mass is 267 g/mol. The molecule has 5 heteroatoms. The maximum Gasteiger partial charge on any atom is 0.233 e. The smallest absolute Gasteiger partial charge is 0.0566 e. The van der Waals surface area contributed by atoms with Crippen LogP contribution in [0.15, 0.2) is 22.7 Å².